The van der Waals surface area contributed by atoms with Gasteiger partial charge >= 0.3 is 6.16 Å². The van der Waals surface area contributed by atoms with E-state index in [1.165, 1.54) is 24.5 Å². The van der Waals surface area contributed by atoms with Crippen molar-refractivity contribution in [1.82, 2.24) is 19.9 Å². The van der Waals surface area contributed by atoms with Crippen molar-refractivity contribution in [2.24, 2.45) is 11.8 Å². The van der Waals surface area contributed by atoms with Crippen LogP contribution in [0.4, 0.5) is 18.7 Å². The SMILES string of the molecule is CCOP(=O)(Cc1c(F)cccc1F)[C@]12CC(=O)[C@@H]3C[C@@H](Oc4cc(-c5csc(NC(C)C)n5)nc5c(Cl)c(OC)ccc45)CN3C(=O)[C@@H](C)C/C=C/COCC[C@@H]1C2.O=C(OC1CCCC1)ON1C(=O)CCC1=O. The van der Waals surface area contributed by atoms with Crippen LogP contribution in [0, 0.1) is 23.5 Å². The van der Waals surface area contributed by atoms with Crippen molar-refractivity contribution in [2.75, 3.05) is 38.8 Å². The van der Waals surface area contributed by atoms with Crippen LogP contribution in [-0.2, 0) is 48.7 Å². The average Bonchev–Trinajstić information content (AvgIpc) is 3.96. The number of benzene rings is 2. The highest BCUT2D eigenvalue weighted by atomic mass is 35.5. The number of carbonyl (C=O) groups is 5. The molecule has 5 aliphatic rings. The molecule has 2 aromatic carbocycles. The second kappa shape index (κ2) is 24.2. The van der Waals surface area contributed by atoms with Crippen molar-refractivity contribution in [2.45, 2.75) is 134 Å². The first-order chi connectivity index (χ1) is 35.9. The van der Waals surface area contributed by atoms with Gasteiger partial charge in [0.2, 0.25) is 13.3 Å². The molecule has 2 aliphatic carbocycles. The molecule has 75 heavy (non-hydrogen) atoms. The Hall–Kier alpha value is -5.53. The number of hydrogen-bond donors (Lipinski definition) is 1. The summed E-state index contributed by atoms with van der Waals surface area (Å²) in [5.41, 5.74) is 1.23. The van der Waals surface area contributed by atoms with Crippen LogP contribution in [0.2, 0.25) is 5.02 Å². The number of hydroxylamine groups is 2. The molecule has 0 bridgehead atoms. The summed E-state index contributed by atoms with van der Waals surface area (Å²) in [5, 5.41) is 6.14. The average molecular weight is 1100 g/mol. The van der Waals surface area contributed by atoms with E-state index >= 15 is 13.3 Å². The van der Waals surface area contributed by atoms with Crippen LogP contribution in [0.15, 0.2) is 53.9 Å². The number of methoxy groups -OCH3 is 1. The number of hydrogen-bond acceptors (Lipinski definition) is 16. The Bertz CT molecular complexity index is 2830. The number of amides is 3. The Morgan fingerprint density at radius 3 is 2.43 bits per heavy atom. The maximum absolute atomic E-state index is 15.2. The molecule has 4 fully saturated rings. The third-order valence-electron chi connectivity index (χ3n) is 14.2. The highest BCUT2D eigenvalue weighted by Crippen LogP contribution is 2.77. The first kappa shape index (κ1) is 55.7. The minimum absolute atomic E-state index is 0.0208. The predicted molar refractivity (Wildman–Crippen MR) is 277 cm³/mol. The summed E-state index contributed by atoms with van der Waals surface area (Å²) in [5.74, 6) is -3.03. The van der Waals surface area contributed by atoms with Gasteiger partial charge in [-0.3, -0.25) is 28.6 Å². The van der Waals surface area contributed by atoms with Gasteiger partial charge in [-0.15, -0.1) is 11.3 Å². The van der Waals surface area contributed by atoms with Gasteiger partial charge in [0, 0.05) is 66.6 Å². The van der Waals surface area contributed by atoms with Gasteiger partial charge in [-0.05, 0) is 95.9 Å². The lowest BCUT2D eigenvalue weighted by Gasteiger charge is -2.31. The quantitative estimate of drug-likeness (QED) is 0.0573. The first-order valence-corrected chi connectivity index (χ1v) is 28.5. The number of ketones is 1. The van der Waals surface area contributed by atoms with E-state index in [0.29, 0.717) is 76.4 Å². The highest BCUT2D eigenvalue weighted by Gasteiger charge is 2.67. The van der Waals surface area contributed by atoms with E-state index in [-0.39, 0.29) is 74.2 Å². The zero-order valence-electron chi connectivity index (χ0n) is 42.7. The van der Waals surface area contributed by atoms with Crippen LogP contribution in [-0.4, -0.2) is 113 Å². The van der Waals surface area contributed by atoms with Crippen LogP contribution in [0.1, 0.15) is 104 Å². The maximum atomic E-state index is 15.2. The number of thiazole rings is 1. The number of carbonyl (C=O) groups excluding carboxylic acids is 5. The molecule has 2 aromatic heterocycles. The minimum Gasteiger partial charge on any atom is -0.495 e. The number of halogens is 3. The number of imide groups is 1. The van der Waals surface area contributed by atoms with Crippen LogP contribution >= 0.6 is 30.3 Å². The van der Waals surface area contributed by atoms with E-state index in [2.05, 4.69) is 10.2 Å². The van der Waals surface area contributed by atoms with E-state index in [4.69, 9.17) is 45.0 Å². The largest absolute Gasteiger partial charge is 0.534 e. The number of nitrogens with one attached hydrogen (secondary N) is 1. The van der Waals surface area contributed by atoms with Gasteiger partial charge in [-0.25, -0.2) is 23.5 Å². The van der Waals surface area contributed by atoms with E-state index in [9.17, 15) is 24.0 Å². The molecule has 0 spiro atoms. The second-order valence-electron chi connectivity index (χ2n) is 19.8. The molecule has 404 valence electrons. The Balaban J connectivity index is 0.000000396. The molecular weight excluding hydrogens is 1040 g/mol. The number of anilines is 1. The van der Waals surface area contributed by atoms with Crippen LogP contribution in [0.3, 0.4) is 0 Å². The van der Waals surface area contributed by atoms with Crippen LogP contribution in [0.25, 0.3) is 22.3 Å². The monoisotopic (exact) mass is 1100 g/mol. The first-order valence-electron chi connectivity index (χ1n) is 25.5. The number of aromatic nitrogens is 2. The summed E-state index contributed by atoms with van der Waals surface area (Å²) in [7, 11) is -2.41. The lowest BCUT2D eigenvalue weighted by molar-refractivity contribution is -0.178. The molecule has 1 unspecified atom stereocenters. The summed E-state index contributed by atoms with van der Waals surface area (Å²) >= 11 is 8.29. The van der Waals surface area contributed by atoms with Gasteiger partial charge in [-0.1, -0.05) is 41.8 Å². The molecule has 17 nitrogen and oxygen atoms in total. The van der Waals surface area contributed by atoms with Crippen molar-refractivity contribution in [3.63, 3.8) is 0 Å². The number of ether oxygens (including phenoxy) is 4. The Kier molecular flexibility index (Phi) is 18.0. The fourth-order valence-electron chi connectivity index (χ4n) is 10.3. The number of rotatable bonds is 13. The number of fused-ring (bicyclic) bond motifs is 3. The van der Waals surface area contributed by atoms with Gasteiger partial charge in [0.1, 0.15) is 46.1 Å². The summed E-state index contributed by atoms with van der Waals surface area (Å²) < 4.78 is 74.5. The van der Waals surface area contributed by atoms with Crippen LogP contribution < -0.4 is 14.8 Å². The topological polar surface area (TPSA) is 202 Å². The van der Waals surface area contributed by atoms with E-state index < -0.39 is 66.4 Å². The standard InChI is InChI=1S/C43H50ClF2N4O7PS.C10H13NO5/c1-6-56-58(53,23-30-31(45)11-9-12-32(30)46)43-20-27(43)15-17-55-16-8-7-10-26(4)41(52)50-22-28(18-35(50)36(51)21-43)57-38-19-33(34-24-59-42(49-34)47-25(2)3)48-40-29(38)13-14-37(54-5)39(40)44;12-8-5-6-9(13)11(8)16-10(14)15-7-3-1-2-4-7/h7-9,11-14,19,24-28,35H,6,10,15-18,20-23H2,1-5H3,(H,47,49);7H,1-6H2/b8-7+;/t26-,27+,28+,35-,43+,58?;/m0./s1. The van der Waals surface area contributed by atoms with E-state index in [0.717, 1.165) is 42.9 Å². The number of Topliss-reactive ketones (excluding diaryl/α,β-unsaturated/α-hetero) is 1. The summed E-state index contributed by atoms with van der Waals surface area (Å²) in [6.45, 7) is 8.33. The van der Waals surface area contributed by atoms with Gasteiger partial charge in [0.15, 0.2) is 10.9 Å². The van der Waals surface area contributed by atoms with Gasteiger partial charge in [-0.2, -0.15) is 0 Å². The van der Waals surface area contributed by atoms with Crippen molar-refractivity contribution in [3.8, 4) is 22.9 Å². The van der Waals surface area contributed by atoms with E-state index in [1.807, 2.05) is 44.4 Å². The maximum Gasteiger partial charge on any atom is 0.534 e. The third-order valence-corrected chi connectivity index (χ3v) is 18.8. The normalized spacial score (nSPS) is 24.7. The second-order valence-corrected chi connectivity index (χ2v) is 23.9. The molecule has 3 aliphatic heterocycles. The molecule has 9 rings (SSSR count). The predicted octanol–water partition coefficient (Wildman–Crippen LogP) is 10.8. The number of allylic oxidation sites excluding steroid dienone is 1. The van der Waals surface area contributed by atoms with Crippen molar-refractivity contribution < 1.29 is 65.6 Å². The Labute approximate surface area is 443 Å². The number of pyridine rings is 1. The Morgan fingerprint density at radius 1 is 1.00 bits per heavy atom. The Morgan fingerprint density at radius 2 is 1.73 bits per heavy atom. The molecule has 0 radical (unpaired) electrons. The molecule has 1 N–H and O–H groups in total. The van der Waals surface area contributed by atoms with E-state index in [1.54, 1.807) is 24.0 Å². The molecule has 4 aromatic rings. The molecule has 2 saturated carbocycles. The summed E-state index contributed by atoms with van der Waals surface area (Å²) in [6.07, 6.45) is 6.63. The van der Waals surface area contributed by atoms with Gasteiger partial charge in [0.05, 0.1) is 55.4 Å². The summed E-state index contributed by atoms with van der Waals surface area (Å²) in [4.78, 5) is 78.4. The molecular formula is C53H63ClF2N5O12PS. The minimum atomic E-state index is -3.94. The fourth-order valence-corrected chi connectivity index (χ4v) is 14.8. The lowest BCUT2D eigenvalue weighted by Crippen LogP contribution is -2.44. The lowest BCUT2D eigenvalue weighted by atomic mass is 10.00. The zero-order chi connectivity index (χ0) is 53.6. The number of nitrogens with zero attached hydrogens (tertiary/aromatic N) is 4. The molecule has 2 saturated heterocycles. The highest BCUT2D eigenvalue weighted by molar-refractivity contribution is 7.60. The van der Waals surface area contributed by atoms with Crippen LogP contribution in [0.5, 0.6) is 11.5 Å². The summed E-state index contributed by atoms with van der Waals surface area (Å²) in [6, 6.07) is 8.09. The smallest absolute Gasteiger partial charge is 0.495 e. The van der Waals surface area contributed by atoms with Crippen molar-refractivity contribution in [3.05, 3.63) is 76.2 Å². The van der Waals surface area contributed by atoms with Gasteiger partial charge in [0.25, 0.3) is 11.8 Å². The zero-order valence-corrected chi connectivity index (χ0v) is 45.1. The van der Waals surface area contributed by atoms with Crippen molar-refractivity contribution in [1.29, 1.82) is 0 Å². The van der Waals surface area contributed by atoms with Crippen molar-refractivity contribution >= 4 is 76.0 Å². The molecule has 5 heterocycles. The molecule has 3 amide bonds. The third kappa shape index (κ3) is 12.7. The fraction of sp³-hybridized carbons (Fsp3) is 0.528. The molecule has 22 heteroatoms. The molecule has 6 atom stereocenters. The van der Waals surface area contributed by atoms with Gasteiger partial charge < -0.3 is 33.7 Å².